The Hall–Kier alpha value is -2.44. The van der Waals surface area contributed by atoms with E-state index < -0.39 is 5.82 Å². The lowest BCUT2D eigenvalue weighted by Gasteiger charge is -2.27. The Morgan fingerprint density at radius 1 is 1.30 bits per heavy atom. The van der Waals surface area contributed by atoms with Crippen molar-refractivity contribution in [3.63, 3.8) is 0 Å². The number of nitrogens with one attached hydrogen (secondary N) is 1. The van der Waals surface area contributed by atoms with Gasteiger partial charge in [-0.1, -0.05) is 29.8 Å². The van der Waals surface area contributed by atoms with Gasteiger partial charge in [0.15, 0.2) is 0 Å². The number of amides is 2. The number of thiazole rings is 1. The van der Waals surface area contributed by atoms with Crippen LogP contribution in [0.25, 0.3) is 10.6 Å². The van der Waals surface area contributed by atoms with Crippen molar-refractivity contribution in [1.29, 1.82) is 0 Å². The first-order valence-corrected chi connectivity index (χ1v) is 9.71. The molecular formula is C20H19ClFN3OS. The number of hydrogen-bond acceptors (Lipinski definition) is 3. The Bertz CT molecular complexity index is 931. The Balaban J connectivity index is 1.76. The minimum absolute atomic E-state index is 0.0237. The molecule has 140 valence electrons. The Morgan fingerprint density at radius 2 is 2.11 bits per heavy atom. The number of benzene rings is 2. The third-order valence-electron chi connectivity index (χ3n) is 4.01. The molecule has 0 aliphatic heterocycles. The predicted molar refractivity (Wildman–Crippen MR) is 109 cm³/mol. The molecule has 3 aromatic rings. The topological polar surface area (TPSA) is 45.2 Å². The monoisotopic (exact) mass is 403 g/mol. The van der Waals surface area contributed by atoms with Crippen molar-refractivity contribution in [3.05, 3.63) is 70.4 Å². The second kappa shape index (κ2) is 8.50. The van der Waals surface area contributed by atoms with E-state index in [1.165, 1.54) is 18.2 Å². The molecule has 0 saturated heterocycles. The highest BCUT2D eigenvalue weighted by atomic mass is 35.5. The van der Waals surface area contributed by atoms with E-state index in [1.807, 2.05) is 43.5 Å². The minimum Gasteiger partial charge on any atom is -0.318 e. The van der Waals surface area contributed by atoms with Crippen LogP contribution in [0.4, 0.5) is 14.9 Å². The second-order valence-electron chi connectivity index (χ2n) is 6.32. The van der Waals surface area contributed by atoms with Gasteiger partial charge in [0.1, 0.15) is 10.8 Å². The van der Waals surface area contributed by atoms with Crippen LogP contribution in [0.2, 0.25) is 5.02 Å². The molecule has 0 unspecified atom stereocenters. The molecule has 1 heterocycles. The van der Waals surface area contributed by atoms with E-state index in [2.05, 4.69) is 10.3 Å². The summed E-state index contributed by atoms with van der Waals surface area (Å²) in [5, 5.41) is 5.63. The van der Waals surface area contributed by atoms with Crippen molar-refractivity contribution in [3.8, 4) is 10.6 Å². The van der Waals surface area contributed by atoms with Gasteiger partial charge in [0, 0.05) is 35.4 Å². The first-order valence-electron chi connectivity index (χ1n) is 8.45. The molecule has 1 aromatic heterocycles. The van der Waals surface area contributed by atoms with E-state index in [9.17, 15) is 9.18 Å². The summed E-state index contributed by atoms with van der Waals surface area (Å²) >= 11 is 7.36. The summed E-state index contributed by atoms with van der Waals surface area (Å²) in [5.74, 6) is -0.519. The first-order chi connectivity index (χ1) is 12.9. The lowest BCUT2D eigenvalue weighted by molar-refractivity contribution is 0.193. The number of aromatic nitrogens is 1. The van der Waals surface area contributed by atoms with Gasteiger partial charge in [-0.3, -0.25) is 0 Å². The molecule has 0 bridgehead atoms. The van der Waals surface area contributed by atoms with Crippen molar-refractivity contribution in [1.82, 2.24) is 9.88 Å². The van der Waals surface area contributed by atoms with E-state index in [0.29, 0.717) is 12.2 Å². The fourth-order valence-electron chi connectivity index (χ4n) is 2.62. The summed E-state index contributed by atoms with van der Waals surface area (Å²) in [4.78, 5) is 18.8. The average molecular weight is 404 g/mol. The quantitative estimate of drug-likeness (QED) is 0.564. The largest absolute Gasteiger partial charge is 0.322 e. The van der Waals surface area contributed by atoms with Crippen LogP contribution in [0.5, 0.6) is 0 Å². The standard InChI is InChI=1S/C20H19ClFN3OS/c1-13(2)25(20(26)24-16-6-7-18(22)17(21)11-16)12-14-4-3-5-15(10-14)19-23-8-9-27-19/h3-11,13H,12H2,1-2H3,(H,24,26). The molecule has 1 N–H and O–H groups in total. The van der Waals surface area contributed by atoms with Crippen LogP contribution in [0.15, 0.2) is 54.0 Å². The zero-order valence-corrected chi connectivity index (χ0v) is 16.5. The molecule has 7 heteroatoms. The van der Waals surface area contributed by atoms with Gasteiger partial charge in [-0.15, -0.1) is 11.3 Å². The summed E-state index contributed by atoms with van der Waals surface area (Å²) in [6, 6.07) is 11.8. The van der Waals surface area contributed by atoms with Gasteiger partial charge in [0.05, 0.1) is 5.02 Å². The Morgan fingerprint density at radius 3 is 2.78 bits per heavy atom. The molecule has 0 aliphatic carbocycles. The maximum atomic E-state index is 13.3. The summed E-state index contributed by atoms with van der Waals surface area (Å²) in [5.41, 5.74) is 2.48. The molecule has 0 atom stereocenters. The molecule has 0 fully saturated rings. The van der Waals surface area contributed by atoms with E-state index in [4.69, 9.17) is 11.6 Å². The maximum Gasteiger partial charge on any atom is 0.322 e. The number of carbonyl (C=O) groups excluding carboxylic acids is 1. The third-order valence-corrected chi connectivity index (χ3v) is 5.13. The van der Waals surface area contributed by atoms with Gasteiger partial charge in [-0.2, -0.15) is 0 Å². The summed E-state index contributed by atoms with van der Waals surface area (Å²) in [6.45, 7) is 4.33. The number of nitrogens with zero attached hydrogens (tertiary/aromatic N) is 2. The number of carbonyl (C=O) groups is 1. The van der Waals surface area contributed by atoms with Gasteiger partial charge >= 0.3 is 6.03 Å². The first kappa shape index (κ1) is 19.3. The second-order valence-corrected chi connectivity index (χ2v) is 7.62. The highest BCUT2D eigenvalue weighted by Gasteiger charge is 2.18. The fourth-order valence-corrected chi connectivity index (χ4v) is 3.44. The van der Waals surface area contributed by atoms with Crippen molar-refractivity contribution in [2.45, 2.75) is 26.4 Å². The normalized spacial score (nSPS) is 10.9. The molecule has 0 radical (unpaired) electrons. The Kier molecular flexibility index (Phi) is 6.08. The molecular weight excluding hydrogens is 385 g/mol. The minimum atomic E-state index is -0.519. The smallest absolute Gasteiger partial charge is 0.318 e. The number of hydrogen-bond donors (Lipinski definition) is 1. The SMILES string of the molecule is CC(C)N(Cc1cccc(-c2nccs2)c1)C(=O)Nc1ccc(F)c(Cl)c1. The molecule has 0 aliphatic rings. The molecule has 2 amide bonds. The van der Waals surface area contributed by atoms with Gasteiger partial charge in [0.25, 0.3) is 0 Å². The Labute approximate surface area is 166 Å². The number of urea groups is 1. The summed E-state index contributed by atoms with van der Waals surface area (Å²) in [6.07, 6.45) is 1.77. The summed E-state index contributed by atoms with van der Waals surface area (Å²) < 4.78 is 13.3. The maximum absolute atomic E-state index is 13.3. The van der Waals surface area contributed by atoms with E-state index in [-0.39, 0.29) is 17.1 Å². The van der Waals surface area contributed by atoms with Gasteiger partial charge in [0.2, 0.25) is 0 Å². The average Bonchev–Trinajstić information content (AvgIpc) is 3.17. The van der Waals surface area contributed by atoms with E-state index >= 15 is 0 Å². The van der Waals surface area contributed by atoms with Crippen molar-refractivity contribution < 1.29 is 9.18 Å². The molecule has 4 nitrogen and oxygen atoms in total. The lowest BCUT2D eigenvalue weighted by Crippen LogP contribution is -2.39. The molecule has 0 saturated carbocycles. The van der Waals surface area contributed by atoms with E-state index in [0.717, 1.165) is 16.1 Å². The zero-order chi connectivity index (χ0) is 19.4. The lowest BCUT2D eigenvalue weighted by atomic mass is 10.1. The molecule has 3 rings (SSSR count). The summed E-state index contributed by atoms with van der Waals surface area (Å²) in [7, 11) is 0. The fraction of sp³-hybridized carbons (Fsp3) is 0.200. The predicted octanol–water partition coefficient (Wildman–Crippen LogP) is 6.05. The molecule has 0 spiro atoms. The number of anilines is 1. The van der Waals surface area contributed by atoms with Crippen molar-refractivity contribution in [2.24, 2.45) is 0 Å². The molecule has 27 heavy (non-hydrogen) atoms. The highest BCUT2D eigenvalue weighted by molar-refractivity contribution is 7.13. The van der Waals surface area contributed by atoms with Crippen molar-refractivity contribution >= 4 is 34.7 Å². The number of rotatable bonds is 5. The van der Waals surface area contributed by atoms with Gasteiger partial charge < -0.3 is 10.2 Å². The van der Waals surface area contributed by atoms with Crippen LogP contribution in [0, 0.1) is 5.82 Å². The third kappa shape index (κ3) is 4.84. The van der Waals surface area contributed by atoms with Crippen LogP contribution >= 0.6 is 22.9 Å². The number of halogens is 2. The van der Waals surface area contributed by atoms with Gasteiger partial charge in [-0.05, 0) is 43.7 Å². The highest BCUT2D eigenvalue weighted by Crippen LogP contribution is 2.24. The van der Waals surface area contributed by atoms with Gasteiger partial charge in [-0.25, -0.2) is 14.2 Å². The molecule has 2 aromatic carbocycles. The van der Waals surface area contributed by atoms with E-state index in [1.54, 1.807) is 22.4 Å². The van der Waals surface area contributed by atoms with Crippen LogP contribution in [0.3, 0.4) is 0 Å². The van der Waals surface area contributed by atoms with Crippen molar-refractivity contribution in [2.75, 3.05) is 5.32 Å². The van der Waals surface area contributed by atoms with Crippen LogP contribution in [-0.4, -0.2) is 22.0 Å². The van der Waals surface area contributed by atoms with Crippen LogP contribution < -0.4 is 5.32 Å². The zero-order valence-electron chi connectivity index (χ0n) is 14.9. The van der Waals surface area contributed by atoms with Crippen LogP contribution in [-0.2, 0) is 6.54 Å². The van der Waals surface area contributed by atoms with Crippen LogP contribution in [0.1, 0.15) is 19.4 Å².